The fraction of sp³-hybridized carbons (Fsp3) is 0.378. The predicted molar refractivity (Wildman–Crippen MR) is 173 cm³/mol. The SMILES string of the molecule is CC1(C)C(Oc2ccc(C#N)c(Cl)c2)C(C)(C)C1N1Cc2nc(C#Cc3ccc(/C=C4/CCCNCC4)cc3)ccc2C1=O. The smallest absolute Gasteiger partial charge is 0.256 e. The maximum Gasteiger partial charge on any atom is 0.256 e. The van der Waals surface area contributed by atoms with Crippen molar-refractivity contribution in [1.82, 2.24) is 15.2 Å². The van der Waals surface area contributed by atoms with Gasteiger partial charge in [0.25, 0.3) is 5.91 Å². The molecule has 3 aliphatic rings. The van der Waals surface area contributed by atoms with Crippen molar-refractivity contribution >= 4 is 23.6 Å². The lowest BCUT2D eigenvalue weighted by Crippen LogP contribution is -2.74. The number of nitrogens with zero attached hydrogens (tertiary/aromatic N) is 3. The quantitative estimate of drug-likeness (QED) is 0.324. The van der Waals surface area contributed by atoms with Gasteiger partial charge >= 0.3 is 0 Å². The zero-order valence-corrected chi connectivity index (χ0v) is 26.5. The number of nitriles is 1. The number of fused-ring (bicyclic) bond motifs is 1. The summed E-state index contributed by atoms with van der Waals surface area (Å²) in [5, 5.41) is 13.0. The number of carbonyl (C=O) groups excluding carboxylic acids is 1. The number of halogens is 1. The van der Waals surface area contributed by atoms with Crippen LogP contribution < -0.4 is 10.1 Å². The van der Waals surface area contributed by atoms with Crippen LogP contribution in [0.4, 0.5) is 0 Å². The molecule has 0 bridgehead atoms. The van der Waals surface area contributed by atoms with Gasteiger partial charge in [0.2, 0.25) is 0 Å². The lowest BCUT2D eigenvalue weighted by molar-refractivity contribution is -0.199. The number of aromatic nitrogens is 1. The number of ether oxygens (including phenoxy) is 1. The fourth-order valence-corrected chi connectivity index (χ4v) is 7.82. The summed E-state index contributed by atoms with van der Waals surface area (Å²) in [6.07, 6.45) is 5.57. The van der Waals surface area contributed by atoms with Crippen LogP contribution in [-0.4, -0.2) is 41.0 Å². The van der Waals surface area contributed by atoms with Gasteiger partial charge in [-0.25, -0.2) is 4.98 Å². The molecule has 1 N–H and O–H groups in total. The first kappa shape index (κ1) is 29.9. The highest BCUT2D eigenvalue weighted by molar-refractivity contribution is 6.31. The van der Waals surface area contributed by atoms with Gasteiger partial charge in [-0.05, 0) is 80.2 Å². The molecule has 7 heteroatoms. The van der Waals surface area contributed by atoms with Crippen molar-refractivity contribution < 1.29 is 9.53 Å². The highest BCUT2D eigenvalue weighted by Gasteiger charge is 2.67. The van der Waals surface area contributed by atoms with E-state index in [-0.39, 0.29) is 28.9 Å². The summed E-state index contributed by atoms with van der Waals surface area (Å²) in [5.41, 5.74) is 5.43. The second kappa shape index (κ2) is 11.8. The van der Waals surface area contributed by atoms with E-state index < -0.39 is 0 Å². The van der Waals surface area contributed by atoms with Gasteiger partial charge in [-0.15, -0.1) is 0 Å². The van der Waals surface area contributed by atoms with Gasteiger partial charge in [0.05, 0.1) is 28.4 Å². The van der Waals surface area contributed by atoms with Crippen molar-refractivity contribution in [2.24, 2.45) is 10.8 Å². The van der Waals surface area contributed by atoms with E-state index in [1.54, 1.807) is 18.2 Å². The molecular formula is C37H37ClN4O2. The lowest BCUT2D eigenvalue weighted by Gasteiger charge is -2.65. The number of hydrogen-bond donors (Lipinski definition) is 1. The number of carbonyl (C=O) groups is 1. The summed E-state index contributed by atoms with van der Waals surface area (Å²) in [5.74, 6) is 7.05. The van der Waals surface area contributed by atoms with E-state index >= 15 is 0 Å². The minimum absolute atomic E-state index is 0.00724. The molecule has 1 aliphatic carbocycles. The first-order valence-corrected chi connectivity index (χ1v) is 15.6. The van der Waals surface area contributed by atoms with E-state index in [0.717, 1.165) is 37.2 Å². The second-order valence-corrected chi connectivity index (χ2v) is 13.6. The molecule has 3 aromatic rings. The molecule has 3 heterocycles. The first-order valence-electron chi connectivity index (χ1n) is 15.3. The zero-order chi connectivity index (χ0) is 31.1. The molecule has 2 aromatic carbocycles. The Labute approximate surface area is 265 Å². The number of hydrogen-bond acceptors (Lipinski definition) is 5. The van der Waals surface area contributed by atoms with Gasteiger partial charge < -0.3 is 15.0 Å². The van der Waals surface area contributed by atoms with Gasteiger partial charge in [0.1, 0.15) is 23.6 Å². The van der Waals surface area contributed by atoms with E-state index in [1.165, 1.54) is 17.6 Å². The third kappa shape index (κ3) is 5.61. The van der Waals surface area contributed by atoms with Crippen LogP contribution in [0.3, 0.4) is 0 Å². The van der Waals surface area contributed by atoms with Crippen LogP contribution in [0.25, 0.3) is 6.08 Å². The average molecular weight is 605 g/mol. The topological polar surface area (TPSA) is 78.2 Å². The Bertz CT molecular complexity index is 1710. The molecule has 6 nitrogen and oxygen atoms in total. The minimum atomic E-state index is -0.334. The Morgan fingerprint density at radius 2 is 1.80 bits per heavy atom. The molecular weight excluding hydrogens is 568 g/mol. The molecule has 0 radical (unpaired) electrons. The number of amides is 1. The maximum atomic E-state index is 13.6. The van der Waals surface area contributed by atoms with Crippen LogP contribution >= 0.6 is 11.6 Å². The van der Waals surface area contributed by atoms with Crippen molar-refractivity contribution in [3.05, 3.63) is 98.8 Å². The number of benzene rings is 2. The molecule has 1 aromatic heterocycles. The van der Waals surface area contributed by atoms with E-state index in [0.29, 0.717) is 34.1 Å². The van der Waals surface area contributed by atoms with Crippen molar-refractivity contribution in [1.29, 1.82) is 5.26 Å². The van der Waals surface area contributed by atoms with E-state index in [9.17, 15) is 10.1 Å². The number of pyridine rings is 1. The molecule has 6 rings (SSSR count). The van der Waals surface area contributed by atoms with Crippen molar-refractivity contribution in [2.75, 3.05) is 13.1 Å². The summed E-state index contributed by atoms with van der Waals surface area (Å²) in [6, 6.07) is 19.2. The highest BCUT2D eigenvalue weighted by atomic mass is 35.5. The molecule has 1 saturated heterocycles. The summed E-state index contributed by atoms with van der Waals surface area (Å²) in [4.78, 5) is 20.4. The van der Waals surface area contributed by atoms with E-state index in [4.69, 9.17) is 21.3 Å². The fourth-order valence-electron chi connectivity index (χ4n) is 7.61. The summed E-state index contributed by atoms with van der Waals surface area (Å²) < 4.78 is 6.44. The Morgan fingerprint density at radius 3 is 2.52 bits per heavy atom. The van der Waals surface area contributed by atoms with Crippen LogP contribution in [0, 0.1) is 34.0 Å². The van der Waals surface area contributed by atoms with Crippen LogP contribution in [0.1, 0.15) is 85.4 Å². The van der Waals surface area contributed by atoms with Crippen LogP contribution in [-0.2, 0) is 6.54 Å². The summed E-state index contributed by atoms with van der Waals surface area (Å²) in [6.45, 7) is 11.1. The Kier molecular flexibility index (Phi) is 8.01. The molecule has 44 heavy (non-hydrogen) atoms. The van der Waals surface area contributed by atoms with Crippen molar-refractivity contribution in [2.45, 2.75) is 65.6 Å². The summed E-state index contributed by atoms with van der Waals surface area (Å²) in [7, 11) is 0. The lowest BCUT2D eigenvalue weighted by atomic mass is 9.49. The minimum Gasteiger partial charge on any atom is -0.489 e. The number of nitrogens with one attached hydrogen (secondary N) is 1. The third-order valence-corrected chi connectivity index (χ3v) is 9.58. The van der Waals surface area contributed by atoms with E-state index in [2.05, 4.69) is 81.3 Å². The van der Waals surface area contributed by atoms with Gasteiger partial charge in [-0.1, -0.05) is 69.0 Å². The molecule has 224 valence electrons. The monoisotopic (exact) mass is 604 g/mol. The molecule has 0 atom stereocenters. The Balaban J connectivity index is 1.15. The first-order chi connectivity index (χ1) is 21.1. The van der Waals surface area contributed by atoms with E-state index in [1.807, 2.05) is 17.0 Å². The van der Waals surface area contributed by atoms with Crippen LogP contribution in [0.5, 0.6) is 5.75 Å². The Hall–Kier alpha value is -4.10. The zero-order valence-electron chi connectivity index (χ0n) is 25.7. The van der Waals surface area contributed by atoms with Crippen LogP contribution in [0.15, 0.2) is 60.2 Å². The largest absolute Gasteiger partial charge is 0.489 e. The standard InChI is InChI=1S/C37H37ClN4O2/c1-36(2)34(37(3,4)35(36)44-29-15-12-27(22-39)31(38)21-29)42-23-32-30(33(42)43)16-14-28(41-32)13-11-24-7-9-26(10-8-24)20-25-6-5-18-40-19-17-25/h7-10,12,14-16,20-21,34-35,40H,5-6,17-19,23H2,1-4H3/b25-20-. The van der Waals surface area contributed by atoms with Crippen molar-refractivity contribution in [3.8, 4) is 23.7 Å². The van der Waals surface area contributed by atoms with Gasteiger partial charge in [0, 0.05) is 28.5 Å². The predicted octanol–water partition coefficient (Wildman–Crippen LogP) is 7.00. The molecule has 2 fully saturated rings. The van der Waals surface area contributed by atoms with Crippen LogP contribution in [0.2, 0.25) is 5.02 Å². The number of rotatable bonds is 4. The molecule has 2 aliphatic heterocycles. The third-order valence-electron chi connectivity index (χ3n) is 9.26. The van der Waals surface area contributed by atoms with Gasteiger partial charge in [-0.2, -0.15) is 5.26 Å². The normalized spacial score (nSPS) is 22.7. The van der Waals surface area contributed by atoms with Crippen molar-refractivity contribution in [3.63, 3.8) is 0 Å². The molecule has 0 unspecified atom stereocenters. The summed E-state index contributed by atoms with van der Waals surface area (Å²) >= 11 is 6.26. The Morgan fingerprint density at radius 1 is 1.02 bits per heavy atom. The maximum absolute atomic E-state index is 13.6. The van der Waals surface area contributed by atoms with Gasteiger partial charge in [0.15, 0.2) is 0 Å². The average Bonchev–Trinajstić information content (AvgIpc) is 3.13. The molecule has 1 amide bonds. The highest BCUT2D eigenvalue weighted by Crippen LogP contribution is 2.59. The van der Waals surface area contributed by atoms with Gasteiger partial charge in [-0.3, -0.25) is 4.79 Å². The molecule has 1 saturated carbocycles. The second-order valence-electron chi connectivity index (χ2n) is 13.2. The molecule has 0 spiro atoms.